The highest BCUT2D eigenvalue weighted by atomic mass is 16.5. The number of carboxylic acid groups (broad SMARTS) is 1. The van der Waals surface area contributed by atoms with E-state index in [1.165, 1.54) is 0 Å². The van der Waals surface area contributed by atoms with Gasteiger partial charge in [-0.15, -0.1) is 0 Å². The van der Waals surface area contributed by atoms with Crippen LogP contribution in [0.2, 0.25) is 0 Å². The number of amides is 2. The fourth-order valence-electron chi connectivity index (χ4n) is 4.96. The van der Waals surface area contributed by atoms with Crippen molar-refractivity contribution in [2.75, 3.05) is 26.4 Å². The predicted molar refractivity (Wildman–Crippen MR) is 130 cm³/mol. The van der Waals surface area contributed by atoms with E-state index in [0.717, 1.165) is 22.3 Å². The number of hydrogen-bond acceptors (Lipinski definition) is 5. The highest BCUT2D eigenvalue weighted by Crippen LogP contribution is 2.44. The Hall–Kier alpha value is -3.39. The van der Waals surface area contributed by atoms with Crippen LogP contribution >= 0.6 is 0 Å². The lowest BCUT2D eigenvalue weighted by atomic mass is 9.86. The topological polar surface area (TPSA) is 114 Å². The van der Waals surface area contributed by atoms with Crippen molar-refractivity contribution in [3.05, 3.63) is 59.7 Å². The number of hydrogen-bond donors (Lipinski definition) is 3. The quantitative estimate of drug-likeness (QED) is 0.445. The van der Waals surface area contributed by atoms with Crippen molar-refractivity contribution in [1.29, 1.82) is 0 Å². The first-order valence-corrected chi connectivity index (χ1v) is 12.2. The lowest BCUT2D eigenvalue weighted by molar-refractivity contribution is -0.137. The minimum absolute atomic E-state index is 0.0344. The zero-order valence-corrected chi connectivity index (χ0v) is 19.8. The van der Waals surface area contributed by atoms with Gasteiger partial charge in [-0.05, 0) is 47.9 Å². The Morgan fingerprint density at radius 1 is 0.971 bits per heavy atom. The lowest BCUT2D eigenvalue weighted by Gasteiger charge is -2.37. The molecule has 0 atom stereocenters. The largest absolute Gasteiger partial charge is 0.481 e. The zero-order valence-electron chi connectivity index (χ0n) is 19.8. The molecule has 8 heteroatoms. The number of fused-ring (bicyclic) bond motifs is 3. The second-order valence-corrected chi connectivity index (χ2v) is 9.22. The van der Waals surface area contributed by atoms with Crippen molar-refractivity contribution in [1.82, 2.24) is 10.6 Å². The molecule has 2 amide bonds. The van der Waals surface area contributed by atoms with Gasteiger partial charge in [0.05, 0.1) is 5.54 Å². The summed E-state index contributed by atoms with van der Waals surface area (Å²) >= 11 is 0. The molecule has 1 saturated heterocycles. The average molecular weight is 481 g/mol. The Balaban J connectivity index is 1.34. The molecule has 0 saturated carbocycles. The Bertz CT molecular complexity index is 1020. The predicted octanol–water partition coefficient (Wildman–Crippen LogP) is 3.84. The molecule has 0 bridgehead atoms. The van der Waals surface area contributed by atoms with E-state index in [1.54, 1.807) is 0 Å². The molecule has 0 radical (unpaired) electrons. The lowest BCUT2D eigenvalue weighted by Crippen LogP contribution is -2.54. The molecule has 1 fully saturated rings. The number of aliphatic carboxylic acids is 1. The molecule has 2 aromatic rings. The standard InChI is InChI=1S/C27H32N2O6/c30-24(28-14-6-5-11-25(31)32)17-27(12-15-34-16-13-27)29-26(33)35-18-23-21-9-3-1-7-19(21)20-8-2-4-10-22(20)23/h1-4,7-10,23H,5-6,11-18H2,(H,28,30)(H,29,33)(H,31,32). The molecule has 4 rings (SSSR count). The summed E-state index contributed by atoms with van der Waals surface area (Å²) in [7, 11) is 0. The molecule has 3 N–H and O–H groups in total. The monoisotopic (exact) mass is 480 g/mol. The second-order valence-electron chi connectivity index (χ2n) is 9.22. The van der Waals surface area contributed by atoms with E-state index < -0.39 is 17.6 Å². The molecule has 0 spiro atoms. The molecule has 35 heavy (non-hydrogen) atoms. The summed E-state index contributed by atoms with van der Waals surface area (Å²) in [6.07, 6.45) is 1.80. The van der Waals surface area contributed by atoms with Gasteiger partial charge in [-0.1, -0.05) is 48.5 Å². The molecule has 8 nitrogen and oxygen atoms in total. The number of unbranched alkanes of at least 4 members (excludes halogenated alkanes) is 1. The first-order valence-electron chi connectivity index (χ1n) is 12.2. The van der Waals surface area contributed by atoms with E-state index in [1.807, 2.05) is 24.3 Å². The van der Waals surface area contributed by atoms with E-state index in [4.69, 9.17) is 14.6 Å². The number of alkyl carbamates (subject to hydrolysis) is 1. The first kappa shape index (κ1) is 24.7. The van der Waals surface area contributed by atoms with Crippen LogP contribution < -0.4 is 10.6 Å². The molecular weight excluding hydrogens is 448 g/mol. The van der Waals surface area contributed by atoms with Crippen LogP contribution in [0.1, 0.15) is 55.6 Å². The zero-order chi connectivity index (χ0) is 24.7. The maximum atomic E-state index is 12.9. The number of nitrogens with one attached hydrogen (secondary N) is 2. The van der Waals surface area contributed by atoms with Crippen LogP contribution in [-0.2, 0) is 19.1 Å². The van der Waals surface area contributed by atoms with Crippen molar-refractivity contribution in [2.45, 2.75) is 50.0 Å². The van der Waals surface area contributed by atoms with Gasteiger partial charge in [0.15, 0.2) is 0 Å². The first-order chi connectivity index (χ1) is 17.0. The van der Waals surface area contributed by atoms with Crippen LogP contribution in [0.3, 0.4) is 0 Å². The number of carbonyl (C=O) groups is 3. The van der Waals surface area contributed by atoms with Crippen LogP contribution in [0.5, 0.6) is 0 Å². The van der Waals surface area contributed by atoms with Crippen molar-refractivity contribution in [3.63, 3.8) is 0 Å². The van der Waals surface area contributed by atoms with Crippen molar-refractivity contribution >= 4 is 18.0 Å². The number of carbonyl (C=O) groups excluding carboxylic acids is 2. The minimum Gasteiger partial charge on any atom is -0.481 e. The molecule has 1 aliphatic heterocycles. The van der Waals surface area contributed by atoms with E-state index in [-0.39, 0.29) is 31.3 Å². The maximum absolute atomic E-state index is 12.9. The third-order valence-corrected chi connectivity index (χ3v) is 6.80. The van der Waals surface area contributed by atoms with E-state index in [2.05, 4.69) is 34.9 Å². The van der Waals surface area contributed by atoms with Gasteiger partial charge in [0.1, 0.15) is 6.61 Å². The number of ether oxygens (including phenoxy) is 2. The van der Waals surface area contributed by atoms with Gasteiger partial charge in [0, 0.05) is 38.5 Å². The Labute approximate surface area is 205 Å². The summed E-state index contributed by atoms with van der Waals surface area (Å²) in [5.74, 6) is -1.06. The summed E-state index contributed by atoms with van der Waals surface area (Å²) in [6, 6.07) is 16.3. The number of rotatable bonds is 10. The third-order valence-electron chi connectivity index (χ3n) is 6.80. The van der Waals surface area contributed by atoms with E-state index >= 15 is 0 Å². The van der Waals surface area contributed by atoms with Crippen molar-refractivity contribution in [2.24, 2.45) is 0 Å². The van der Waals surface area contributed by atoms with Gasteiger partial charge in [-0.25, -0.2) is 4.79 Å². The number of carboxylic acids is 1. The van der Waals surface area contributed by atoms with E-state index in [9.17, 15) is 14.4 Å². The van der Waals surface area contributed by atoms with Crippen LogP contribution in [0, 0.1) is 0 Å². The normalized spacial score (nSPS) is 16.1. The molecule has 186 valence electrons. The van der Waals surface area contributed by atoms with Gasteiger partial charge in [0.25, 0.3) is 0 Å². The minimum atomic E-state index is -0.843. The summed E-state index contributed by atoms with van der Waals surface area (Å²) < 4.78 is 11.2. The molecular formula is C27H32N2O6. The number of benzene rings is 2. The summed E-state index contributed by atoms with van der Waals surface area (Å²) in [4.78, 5) is 36.1. The fraction of sp³-hybridized carbons (Fsp3) is 0.444. The highest BCUT2D eigenvalue weighted by Gasteiger charge is 2.37. The summed E-state index contributed by atoms with van der Waals surface area (Å²) in [6.45, 7) is 1.52. The summed E-state index contributed by atoms with van der Waals surface area (Å²) in [5.41, 5.74) is 3.89. The molecule has 1 aliphatic carbocycles. The Morgan fingerprint density at radius 2 is 1.60 bits per heavy atom. The Morgan fingerprint density at radius 3 is 2.23 bits per heavy atom. The summed E-state index contributed by atoms with van der Waals surface area (Å²) in [5, 5.41) is 14.5. The smallest absolute Gasteiger partial charge is 0.407 e. The van der Waals surface area contributed by atoms with Crippen LogP contribution in [0.15, 0.2) is 48.5 Å². The van der Waals surface area contributed by atoms with Crippen molar-refractivity contribution in [3.8, 4) is 11.1 Å². The maximum Gasteiger partial charge on any atom is 0.407 e. The highest BCUT2D eigenvalue weighted by molar-refractivity contribution is 5.80. The van der Waals surface area contributed by atoms with Gasteiger partial charge in [-0.2, -0.15) is 0 Å². The van der Waals surface area contributed by atoms with Gasteiger partial charge in [0.2, 0.25) is 5.91 Å². The molecule has 2 aliphatic rings. The molecule has 1 heterocycles. The van der Waals surface area contributed by atoms with Crippen LogP contribution in [0.4, 0.5) is 4.79 Å². The van der Waals surface area contributed by atoms with Gasteiger partial charge < -0.3 is 25.2 Å². The molecule has 0 aromatic heterocycles. The van der Waals surface area contributed by atoms with Gasteiger partial charge in [-0.3, -0.25) is 9.59 Å². The van der Waals surface area contributed by atoms with Crippen molar-refractivity contribution < 1.29 is 29.0 Å². The van der Waals surface area contributed by atoms with Crippen LogP contribution in [0.25, 0.3) is 11.1 Å². The van der Waals surface area contributed by atoms with Crippen LogP contribution in [-0.4, -0.2) is 55.0 Å². The molecule has 0 unspecified atom stereocenters. The molecule has 2 aromatic carbocycles. The Kier molecular flexibility index (Phi) is 8.02. The van der Waals surface area contributed by atoms with E-state index in [0.29, 0.717) is 45.4 Å². The average Bonchev–Trinajstić information content (AvgIpc) is 3.16. The SMILES string of the molecule is O=C(O)CCCCNC(=O)CC1(NC(=O)OCC2c3ccccc3-c3ccccc32)CCOCC1. The second kappa shape index (κ2) is 11.4. The van der Waals surface area contributed by atoms with Gasteiger partial charge >= 0.3 is 12.1 Å². The third kappa shape index (κ3) is 6.19. The fourth-order valence-corrected chi connectivity index (χ4v) is 4.96.